The Labute approximate surface area is 184 Å². The Kier molecular flexibility index (Phi) is 4.26. The van der Waals surface area contributed by atoms with Gasteiger partial charge >= 0.3 is 0 Å². The van der Waals surface area contributed by atoms with Gasteiger partial charge < -0.3 is 0 Å². The van der Waals surface area contributed by atoms with Gasteiger partial charge in [0.2, 0.25) is 5.91 Å². The van der Waals surface area contributed by atoms with Crippen molar-refractivity contribution in [1.29, 1.82) is 0 Å². The zero-order chi connectivity index (χ0) is 21.7. The lowest BCUT2D eigenvalue weighted by Crippen LogP contribution is -2.37. The first-order valence-electron chi connectivity index (χ1n) is 10.5. The molecule has 3 heterocycles. The van der Waals surface area contributed by atoms with Crippen LogP contribution in [-0.4, -0.2) is 22.9 Å². The highest BCUT2D eigenvalue weighted by Crippen LogP contribution is 2.47. The molecule has 2 aliphatic heterocycles. The SMILES string of the molecule is O=C1[C@@H]2[C@H](ON(c3ccccc3)[C@@H]2c2ccncc2)C(=O)N1c1ccc2ccccc2c1. The largest absolute Gasteiger partial charge is 0.273 e. The average Bonchev–Trinajstić information content (AvgIpc) is 3.36. The molecule has 4 aromatic rings. The van der Waals surface area contributed by atoms with Crippen molar-refractivity contribution >= 4 is 34.0 Å². The quantitative estimate of drug-likeness (QED) is 0.462. The lowest BCUT2D eigenvalue weighted by atomic mass is 9.91. The molecule has 0 saturated carbocycles. The van der Waals surface area contributed by atoms with Crippen LogP contribution in [-0.2, 0) is 14.4 Å². The summed E-state index contributed by atoms with van der Waals surface area (Å²) in [5.74, 6) is -1.25. The molecule has 2 saturated heterocycles. The van der Waals surface area contributed by atoms with Crippen molar-refractivity contribution in [3.8, 4) is 0 Å². The monoisotopic (exact) mass is 421 g/mol. The standard InChI is InChI=1S/C26H19N3O3/c30-25-22-23(18-12-14-27-15-13-18)29(20-8-2-1-3-9-20)32-24(22)26(31)28(25)21-11-10-17-6-4-5-7-19(17)16-21/h1-16,22-24H/t22-,23+,24-/m0/s1. The third-order valence-corrected chi connectivity index (χ3v) is 6.16. The molecule has 0 bridgehead atoms. The molecule has 0 N–H and O–H groups in total. The highest BCUT2D eigenvalue weighted by molar-refractivity contribution is 6.24. The molecule has 2 fully saturated rings. The minimum atomic E-state index is -0.882. The van der Waals surface area contributed by atoms with E-state index in [1.807, 2.05) is 84.9 Å². The van der Waals surface area contributed by atoms with Crippen LogP contribution in [0.4, 0.5) is 11.4 Å². The number of benzene rings is 3. The van der Waals surface area contributed by atoms with Crippen LogP contribution in [0.15, 0.2) is 97.3 Å². The topological polar surface area (TPSA) is 62.7 Å². The second kappa shape index (κ2) is 7.28. The number of fused-ring (bicyclic) bond motifs is 2. The van der Waals surface area contributed by atoms with Crippen molar-refractivity contribution in [3.05, 3.63) is 103 Å². The molecule has 32 heavy (non-hydrogen) atoms. The molecule has 0 spiro atoms. The molecular formula is C26H19N3O3. The summed E-state index contributed by atoms with van der Waals surface area (Å²) in [6, 6.07) is 26.3. The Hall–Kier alpha value is -4.03. The maximum atomic E-state index is 13.7. The van der Waals surface area contributed by atoms with Gasteiger partial charge in [-0.1, -0.05) is 48.5 Å². The summed E-state index contributed by atoms with van der Waals surface area (Å²) in [5.41, 5.74) is 2.23. The van der Waals surface area contributed by atoms with Crippen molar-refractivity contribution in [2.75, 3.05) is 9.96 Å². The number of imide groups is 1. The van der Waals surface area contributed by atoms with Crippen LogP contribution in [0, 0.1) is 5.92 Å². The Bertz CT molecular complexity index is 1330. The summed E-state index contributed by atoms with van der Waals surface area (Å²) in [4.78, 5) is 38.6. The molecule has 3 atom stereocenters. The van der Waals surface area contributed by atoms with E-state index in [-0.39, 0.29) is 11.8 Å². The number of hydrogen-bond donors (Lipinski definition) is 0. The second-order valence-electron chi connectivity index (χ2n) is 7.98. The van der Waals surface area contributed by atoms with E-state index in [1.54, 1.807) is 17.5 Å². The molecular weight excluding hydrogens is 402 g/mol. The highest BCUT2D eigenvalue weighted by Gasteiger charge is 2.60. The van der Waals surface area contributed by atoms with E-state index >= 15 is 0 Å². The fourth-order valence-electron chi connectivity index (χ4n) is 4.68. The predicted octanol–water partition coefficient (Wildman–Crippen LogP) is 4.29. The number of hydrogen-bond acceptors (Lipinski definition) is 5. The Balaban J connectivity index is 1.43. The van der Waals surface area contributed by atoms with Gasteiger partial charge in [0.25, 0.3) is 5.91 Å². The third kappa shape index (κ3) is 2.81. The number of carbonyl (C=O) groups excluding carboxylic acids is 2. The molecule has 0 aliphatic carbocycles. The van der Waals surface area contributed by atoms with Gasteiger partial charge in [0.15, 0.2) is 6.10 Å². The number of pyridine rings is 1. The van der Waals surface area contributed by atoms with Gasteiger partial charge in [0, 0.05) is 12.4 Å². The summed E-state index contributed by atoms with van der Waals surface area (Å²) in [5, 5.41) is 3.72. The van der Waals surface area contributed by atoms with E-state index < -0.39 is 18.1 Å². The van der Waals surface area contributed by atoms with Crippen molar-refractivity contribution in [3.63, 3.8) is 0 Å². The molecule has 2 amide bonds. The number of aromatic nitrogens is 1. The molecule has 0 unspecified atom stereocenters. The summed E-state index contributed by atoms with van der Waals surface area (Å²) >= 11 is 0. The van der Waals surface area contributed by atoms with Crippen LogP contribution in [0.5, 0.6) is 0 Å². The fourth-order valence-corrected chi connectivity index (χ4v) is 4.68. The molecule has 6 rings (SSSR count). The number of hydroxylamine groups is 1. The molecule has 2 aliphatic rings. The van der Waals surface area contributed by atoms with E-state index in [0.29, 0.717) is 5.69 Å². The maximum absolute atomic E-state index is 13.7. The van der Waals surface area contributed by atoms with Crippen LogP contribution in [0.25, 0.3) is 10.8 Å². The minimum absolute atomic E-state index is 0.254. The van der Waals surface area contributed by atoms with Gasteiger partial charge in [-0.2, -0.15) is 0 Å². The second-order valence-corrected chi connectivity index (χ2v) is 7.98. The smallest absolute Gasteiger partial charge is 0.266 e. The van der Waals surface area contributed by atoms with Crippen molar-refractivity contribution < 1.29 is 14.4 Å². The van der Waals surface area contributed by atoms with Crippen molar-refractivity contribution in [1.82, 2.24) is 4.98 Å². The summed E-state index contributed by atoms with van der Waals surface area (Å²) in [6.45, 7) is 0. The molecule has 1 aromatic heterocycles. The van der Waals surface area contributed by atoms with Gasteiger partial charge in [-0.25, -0.2) is 9.96 Å². The van der Waals surface area contributed by atoms with E-state index in [0.717, 1.165) is 22.0 Å². The maximum Gasteiger partial charge on any atom is 0.266 e. The van der Waals surface area contributed by atoms with Crippen LogP contribution >= 0.6 is 0 Å². The van der Waals surface area contributed by atoms with Crippen LogP contribution in [0.1, 0.15) is 11.6 Å². The fraction of sp³-hybridized carbons (Fsp3) is 0.115. The first-order chi connectivity index (χ1) is 15.7. The summed E-state index contributed by atoms with van der Waals surface area (Å²) < 4.78 is 0. The molecule has 0 radical (unpaired) electrons. The van der Waals surface area contributed by atoms with E-state index in [9.17, 15) is 9.59 Å². The lowest BCUT2D eigenvalue weighted by Gasteiger charge is -2.28. The first-order valence-corrected chi connectivity index (χ1v) is 10.5. The van der Waals surface area contributed by atoms with Crippen molar-refractivity contribution in [2.45, 2.75) is 12.1 Å². The zero-order valence-corrected chi connectivity index (χ0v) is 17.0. The number of nitrogens with zero attached hydrogens (tertiary/aromatic N) is 3. The number of para-hydroxylation sites is 1. The van der Waals surface area contributed by atoms with Gasteiger partial charge in [-0.15, -0.1) is 0 Å². The Morgan fingerprint density at radius 2 is 1.44 bits per heavy atom. The molecule has 156 valence electrons. The number of rotatable bonds is 3. The molecule has 3 aromatic carbocycles. The van der Waals surface area contributed by atoms with Gasteiger partial charge in [0.1, 0.15) is 5.92 Å². The van der Waals surface area contributed by atoms with Crippen LogP contribution in [0.3, 0.4) is 0 Å². The zero-order valence-electron chi connectivity index (χ0n) is 17.0. The van der Waals surface area contributed by atoms with E-state index in [4.69, 9.17) is 4.84 Å². The van der Waals surface area contributed by atoms with E-state index in [2.05, 4.69) is 4.98 Å². The lowest BCUT2D eigenvalue weighted by molar-refractivity contribution is -0.126. The normalized spacial score (nSPS) is 22.6. The number of anilines is 2. The molecule has 6 nitrogen and oxygen atoms in total. The number of amides is 2. The van der Waals surface area contributed by atoms with Gasteiger partial charge in [0.05, 0.1) is 17.4 Å². The highest BCUT2D eigenvalue weighted by atomic mass is 16.7. The summed E-state index contributed by atoms with van der Waals surface area (Å²) in [6.07, 6.45) is 2.50. The third-order valence-electron chi connectivity index (χ3n) is 6.16. The van der Waals surface area contributed by atoms with E-state index in [1.165, 1.54) is 4.90 Å². The number of carbonyl (C=O) groups is 2. The molecule has 6 heteroatoms. The van der Waals surface area contributed by atoms with Crippen LogP contribution < -0.4 is 9.96 Å². The summed E-state index contributed by atoms with van der Waals surface area (Å²) in [7, 11) is 0. The Morgan fingerprint density at radius 3 is 2.22 bits per heavy atom. The van der Waals surface area contributed by atoms with Crippen LogP contribution in [0.2, 0.25) is 0 Å². The minimum Gasteiger partial charge on any atom is -0.273 e. The van der Waals surface area contributed by atoms with Gasteiger partial charge in [-0.3, -0.25) is 19.4 Å². The average molecular weight is 421 g/mol. The van der Waals surface area contributed by atoms with Crippen molar-refractivity contribution in [2.24, 2.45) is 5.92 Å². The van der Waals surface area contributed by atoms with Gasteiger partial charge in [-0.05, 0) is 52.7 Å². The predicted molar refractivity (Wildman–Crippen MR) is 121 cm³/mol. The first kappa shape index (κ1) is 18.7. The Morgan fingerprint density at radius 1 is 0.719 bits per heavy atom.